The number of anilines is 3. The second-order valence-corrected chi connectivity index (χ2v) is 9.54. The highest BCUT2D eigenvalue weighted by molar-refractivity contribution is 5.91. The molecule has 2 aliphatic heterocycles. The maximum absolute atomic E-state index is 14.9. The zero-order valence-electron chi connectivity index (χ0n) is 21.2. The first-order chi connectivity index (χ1) is 18.0. The van der Waals surface area contributed by atoms with E-state index >= 15 is 0 Å². The molecule has 4 rings (SSSR count). The lowest BCUT2D eigenvalue weighted by molar-refractivity contribution is -0.127. The molecule has 1 saturated heterocycles. The Morgan fingerprint density at radius 1 is 1.21 bits per heavy atom. The Morgan fingerprint density at radius 3 is 2.63 bits per heavy atom. The van der Waals surface area contributed by atoms with Crippen molar-refractivity contribution in [2.24, 2.45) is 0 Å². The summed E-state index contributed by atoms with van der Waals surface area (Å²) >= 11 is 0. The second kappa shape index (κ2) is 11.6. The molecule has 12 heteroatoms. The lowest BCUT2D eigenvalue weighted by atomic mass is 9.99. The van der Waals surface area contributed by atoms with Gasteiger partial charge in [-0.2, -0.15) is 13.2 Å². The quantitative estimate of drug-likeness (QED) is 0.355. The van der Waals surface area contributed by atoms with Gasteiger partial charge in [-0.05, 0) is 60.4 Å². The largest absolute Gasteiger partial charge is 0.394 e. The number of benzene rings is 1. The fourth-order valence-electron chi connectivity index (χ4n) is 4.43. The monoisotopic (exact) mass is 537 g/mol. The zero-order chi connectivity index (χ0) is 27.4. The van der Waals surface area contributed by atoms with Crippen LogP contribution in [0.25, 0.3) is 11.1 Å². The molecule has 0 aliphatic carbocycles. The van der Waals surface area contributed by atoms with Gasteiger partial charge in [0, 0.05) is 32.2 Å². The minimum Gasteiger partial charge on any atom is -0.394 e. The van der Waals surface area contributed by atoms with Crippen molar-refractivity contribution in [3.8, 4) is 11.1 Å². The number of aliphatic hydroxyl groups excluding tert-OH is 1. The first-order valence-corrected chi connectivity index (χ1v) is 12.4. The van der Waals surface area contributed by atoms with Gasteiger partial charge in [-0.1, -0.05) is 6.08 Å². The number of amides is 2. The fourth-order valence-corrected chi connectivity index (χ4v) is 4.43. The number of urea groups is 1. The van der Waals surface area contributed by atoms with Crippen LogP contribution in [-0.4, -0.2) is 79.2 Å². The van der Waals surface area contributed by atoms with Gasteiger partial charge >= 0.3 is 12.2 Å². The highest BCUT2D eigenvalue weighted by atomic mass is 19.4. The van der Waals surface area contributed by atoms with E-state index in [4.69, 9.17) is 4.74 Å². The summed E-state index contributed by atoms with van der Waals surface area (Å²) in [5.74, 6) is 0.560. The van der Waals surface area contributed by atoms with Gasteiger partial charge in [0.25, 0.3) is 0 Å². The van der Waals surface area contributed by atoms with Crippen molar-refractivity contribution in [3.05, 3.63) is 47.3 Å². The van der Waals surface area contributed by atoms with E-state index < -0.39 is 24.4 Å². The molecule has 8 nitrogen and oxygen atoms in total. The van der Waals surface area contributed by atoms with E-state index in [1.54, 1.807) is 13.0 Å². The number of aliphatic hydroxyl groups is 1. The van der Waals surface area contributed by atoms with E-state index in [0.717, 1.165) is 5.56 Å². The van der Waals surface area contributed by atoms with Gasteiger partial charge in [-0.25, -0.2) is 14.2 Å². The molecule has 1 aromatic heterocycles. The van der Waals surface area contributed by atoms with Crippen LogP contribution in [0.2, 0.25) is 0 Å². The predicted molar refractivity (Wildman–Crippen MR) is 137 cm³/mol. The third-order valence-corrected chi connectivity index (χ3v) is 6.39. The van der Waals surface area contributed by atoms with Crippen LogP contribution in [0.1, 0.15) is 18.9 Å². The third-order valence-electron chi connectivity index (χ3n) is 6.39. The summed E-state index contributed by atoms with van der Waals surface area (Å²) in [7, 11) is 0. The molecule has 0 radical (unpaired) electrons. The number of rotatable bonds is 7. The first kappa shape index (κ1) is 27.6. The number of pyridine rings is 1. The Hall–Kier alpha value is -3.38. The standard InChI is InChI=1S/C26H31F4N5O3/c1-16-9-21(27)22(32-25(37)35-4-3-18(14-35)13-26(28,29)30)12-20(16)19-10-23(31-17(2)15-36)33-24(11-19)34-5-7-38-8-6-34/h3,9-12,17,36H,4-8,13-15H2,1-2H3,(H,31,33)(H,32,37). The number of alkyl halides is 3. The molecule has 3 N–H and O–H groups in total. The Balaban J connectivity index is 1.60. The normalized spacial score (nSPS) is 16.9. The van der Waals surface area contributed by atoms with E-state index in [9.17, 15) is 27.5 Å². The van der Waals surface area contributed by atoms with Crippen LogP contribution in [0, 0.1) is 12.7 Å². The number of carbonyl (C=O) groups is 1. The third kappa shape index (κ3) is 6.93. The molecule has 1 aromatic carbocycles. The van der Waals surface area contributed by atoms with Crippen molar-refractivity contribution in [1.29, 1.82) is 0 Å². The summed E-state index contributed by atoms with van der Waals surface area (Å²) in [6.07, 6.45) is -4.07. The van der Waals surface area contributed by atoms with Crippen LogP contribution in [0.4, 0.5) is 39.7 Å². The summed E-state index contributed by atoms with van der Waals surface area (Å²) in [6.45, 7) is 5.72. The zero-order valence-corrected chi connectivity index (χ0v) is 21.2. The van der Waals surface area contributed by atoms with Crippen molar-refractivity contribution in [1.82, 2.24) is 9.88 Å². The lowest BCUT2D eigenvalue weighted by Crippen LogP contribution is -2.37. The van der Waals surface area contributed by atoms with Crippen LogP contribution in [-0.2, 0) is 4.74 Å². The average Bonchev–Trinajstić information content (AvgIpc) is 3.33. The van der Waals surface area contributed by atoms with Crippen LogP contribution < -0.4 is 15.5 Å². The van der Waals surface area contributed by atoms with E-state index in [2.05, 4.69) is 20.5 Å². The summed E-state index contributed by atoms with van der Waals surface area (Å²) in [5, 5.41) is 15.2. The number of nitrogens with zero attached hydrogens (tertiary/aromatic N) is 3. The highest BCUT2D eigenvalue weighted by Gasteiger charge is 2.32. The molecule has 2 aromatic rings. The summed E-state index contributed by atoms with van der Waals surface area (Å²) in [4.78, 5) is 20.7. The Morgan fingerprint density at radius 2 is 1.95 bits per heavy atom. The molecule has 0 saturated carbocycles. The summed E-state index contributed by atoms with van der Waals surface area (Å²) < 4.78 is 58.4. The van der Waals surface area contributed by atoms with Crippen LogP contribution in [0.15, 0.2) is 35.9 Å². The van der Waals surface area contributed by atoms with Gasteiger partial charge in [0.2, 0.25) is 0 Å². The number of halogens is 4. The maximum Gasteiger partial charge on any atom is 0.392 e. The molecule has 1 fully saturated rings. The second-order valence-electron chi connectivity index (χ2n) is 9.54. The minimum absolute atomic E-state index is 0.0168. The fraction of sp³-hybridized carbons (Fsp3) is 0.462. The van der Waals surface area contributed by atoms with Gasteiger partial charge in [-0.3, -0.25) is 0 Å². The van der Waals surface area contributed by atoms with Gasteiger partial charge in [0.15, 0.2) is 0 Å². The predicted octanol–water partition coefficient (Wildman–Crippen LogP) is 4.55. The summed E-state index contributed by atoms with van der Waals surface area (Å²) in [5.41, 5.74) is 2.01. The van der Waals surface area contributed by atoms with E-state index in [0.29, 0.717) is 49.1 Å². The van der Waals surface area contributed by atoms with E-state index in [1.165, 1.54) is 23.1 Å². The molecule has 2 aliphatic rings. The molecular formula is C26H31F4N5O3. The van der Waals surface area contributed by atoms with Gasteiger partial charge in [-0.15, -0.1) is 0 Å². The molecule has 3 heterocycles. The molecule has 1 unspecified atom stereocenters. The lowest BCUT2D eigenvalue weighted by Gasteiger charge is -2.29. The Kier molecular flexibility index (Phi) is 8.41. The molecular weight excluding hydrogens is 506 g/mol. The molecule has 2 amide bonds. The van der Waals surface area contributed by atoms with Gasteiger partial charge < -0.3 is 30.3 Å². The molecule has 206 valence electrons. The minimum atomic E-state index is -4.36. The van der Waals surface area contributed by atoms with Gasteiger partial charge in [0.1, 0.15) is 17.5 Å². The number of ether oxygens (including phenoxy) is 1. The first-order valence-electron chi connectivity index (χ1n) is 12.4. The maximum atomic E-state index is 14.9. The molecule has 0 spiro atoms. The smallest absolute Gasteiger partial charge is 0.392 e. The van der Waals surface area contributed by atoms with E-state index in [-0.39, 0.29) is 37.0 Å². The van der Waals surface area contributed by atoms with Crippen LogP contribution >= 0.6 is 0 Å². The highest BCUT2D eigenvalue weighted by Crippen LogP contribution is 2.33. The molecule has 1 atom stereocenters. The number of morpholine rings is 1. The van der Waals surface area contributed by atoms with Crippen molar-refractivity contribution < 1.29 is 32.2 Å². The molecule has 38 heavy (non-hydrogen) atoms. The van der Waals surface area contributed by atoms with Crippen molar-refractivity contribution in [2.45, 2.75) is 32.5 Å². The molecule has 0 bridgehead atoms. The van der Waals surface area contributed by atoms with Crippen molar-refractivity contribution in [2.75, 3.05) is 61.5 Å². The van der Waals surface area contributed by atoms with Crippen LogP contribution in [0.5, 0.6) is 0 Å². The Bertz CT molecular complexity index is 1200. The topological polar surface area (TPSA) is 90.0 Å². The number of carbonyl (C=O) groups excluding carboxylic acids is 1. The van der Waals surface area contributed by atoms with Gasteiger partial charge in [0.05, 0.1) is 31.9 Å². The number of aromatic nitrogens is 1. The number of hydrogen-bond donors (Lipinski definition) is 3. The van der Waals surface area contributed by atoms with Crippen molar-refractivity contribution in [3.63, 3.8) is 0 Å². The summed E-state index contributed by atoms with van der Waals surface area (Å²) in [6, 6.07) is 5.54. The SMILES string of the molecule is Cc1cc(F)c(NC(=O)N2CC=C(CC(F)(F)F)C2)cc1-c1cc(NC(C)CO)nc(N2CCOCC2)c1. The Labute approximate surface area is 218 Å². The number of aryl methyl sites for hydroxylation is 1. The number of hydrogen-bond acceptors (Lipinski definition) is 6. The van der Waals surface area contributed by atoms with Crippen LogP contribution in [0.3, 0.4) is 0 Å². The van der Waals surface area contributed by atoms with Crippen molar-refractivity contribution >= 4 is 23.4 Å². The number of nitrogens with one attached hydrogen (secondary N) is 2. The van der Waals surface area contributed by atoms with E-state index in [1.807, 2.05) is 13.0 Å². The average molecular weight is 538 g/mol.